The summed E-state index contributed by atoms with van der Waals surface area (Å²) in [6.45, 7) is 0. The van der Waals surface area contributed by atoms with Crippen LogP contribution in [0.2, 0.25) is 0 Å². The molecule has 1 aromatic carbocycles. The van der Waals surface area contributed by atoms with Gasteiger partial charge in [0, 0.05) is 31.9 Å². The number of imidazole rings is 1. The molecule has 4 heteroatoms. The van der Waals surface area contributed by atoms with E-state index in [1.54, 1.807) is 0 Å². The summed E-state index contributed by atoms with van der Waals surface area (Å²) in [5.41, 5.74) is 4.45. The molecule has 1 saturated carbocycles. The minimum Gasteiger partial charge on any atom is -0.338 e. The predicted octanol–water partition coefficient (Wildman–Crippen LogP) is 1.99. The van der Waals surface area contributed by atoms with Gasteiger partial charge < -0.3 is 4.57 Å². The smallest absolute Gasteiger partial charge is 0.108 e. The summed E-state index contributed by atoms with van der Waals surface area (Å²) in [6.07, 6.45) is 7.08. The molecule has 1 aromatic heterocycles. The van der Waals surface area contributed by atoms with Gasteiger partial charge in [-0.2, -0.15) is 0 Å². The number of aryl methyl sites for hydroxylation is 2. The van der Waals surface area contributed by atoms with Gasteiger partial charge >= 0.3 is 0 Å². The molecule has 0 amide bonds. The van der Waals surface area contributed by atoms with Crippen molar-refractivity contribution < 1.29 is 0 Å². The summed E-state index contributed by atoms with van der Waals surface area (Å²) in [5, 5.41) is 0. The van der Waals surface area contributed by atoms with Crippen molar-refractivity contribution in [2.24, 2.45) is 18.8 Å². The Kier molecular flexibility index (Phi) is 3.85. The van der Waals surface area contributed by atoms with Crippen LogP contribution in [0.1, 0.15) is 30.1 Å². The van der Waals surface area contributed by atoms with Crippen LogP contribution in [0.25, 0.3) is 0 Å². The third kappa shape index (κ3) is 2.76. The maximum atomic E-state index is 5.75. The molecule has 0 spiro atoms. The summed E-state index contributed by atoms with van der Waals surface area (Å²) in [6, 6.07) is 11.1. The van der Waals surface area contributed by atoms with E-state index in [1.165, 1.54) is 12.0 Å². The van der Waals surface area contributed by atoms with Crippen molar-refractivity contribution in [1.82, 2.24) is 15.0 Å². The number of nitrogens with zero attached hydrogens (tertiary/aromatic N) is 2. The molecule has 1 heterocycles. The molecule has 2 aromatic rings. The molecular weight excluding hydrogens is 248 g/mol. The zero-order chi connectivity index (χ0) is 13.9. The highest BCUT2D eigenvalue weighted by molar-refractivity contribution is 5.26. The van der Waals surface area contributed by atoms with Crippen LogP contribution in [0.4, 0.5) is 0 Å². The van der Waals surface area contributed by atoms with Gasteiger partial charge in [0.1, 0.15) is 5.82 Å². The highest BCUT2D eigenvalue weighted by Gasteiger charge is 2.43. The summed E-state index contributed by atoms with van der Waals surface area (Å²) >= 11 is 0. The topological polar surface area (TPSA) is 55.9 Å². The summed E-state index contributed by atoms with van der Waals surface area (Å²) in [7, 11) is 2.04. The zero-order valence-electron chi connectivity index (χ0n) is 11.9. The van der Waals surface area contributed by atoms with Gasteiger partial charge in [-0.15, -0.1) is 0 Å². The maximum absolute atomic E-state index is 5.75. The first-order chi connectivity index (χ1) is 9.79. The third-order valence-electron chi connectivity index (χ3n) is 4.40. The van der Waals surface area contributed by atoms with E-state index in [0.717, 1.165) is 18.7 Å². The Hall–Kier alpha value is -1.65. The van der Waals surface area contributed by atoms with Crippen LogP contribution in [-0.4, -0.2) is 15.6 Å². The largest absolute Gasteiger partial charge is 0.338 e. The molecule has 1 aliphatic carbocycles. The standard InChI is InChI=1S/C16H22N4/c1-20-10-9-18-16(20)8-7-15(19-17)14-11-13(14)12-5-3-2-4-6-12/h2-6,9-10,13-15,19H,7-8,11,17H2,1H3. The van der Waals surface area contributed by atoms with Crippen molar-refractivity contribution in [2.45, 2.75) is 31.2 Å². The van der Waals surface area contributed by atoms with E-state index in [-0.39, 0.29) is 0 Å². The molecule has 0 bridgehead atoms. The molecule has 3 atom stereocenters. The maximum Gasteiger partial charge on any atom is 0.108 e. The quantitative estimate of drug-likeness (QED) is 0.623. The number of nitrogens with one attached hydrogen (secondary N) is 1. The monoisotopic (exact) mass is 270 g/mol. The van der Waals surface area contributed by atoms with Crippen LogP contribution in [0.3, 0.4) is 0 Å². The van der Waals surface area contributed by atoms with Crippen molar-refractivity contribution in [2.75, 3.05) is 0 Å². The second kappa shape index (κ2) is 5.77. The van der Waals surface area contributed by atoms with E-state index in [4.69, 9.17) is 5.84 Å². The highest BCUT2D eigenvalue weighted by atomic mass is 15.2. The van der Waals surface area contributed by atoms with Gasteiger partial charge in [0.05, 0.1) is 0 Å². The minimum absolute atomic E-state index is 0.372. The van der Waals surface area contributed by atoms with E-state index in [1.807, 2.05) is 19.4 Å². The molecule has 106 valence electrons. The molecule has 3 N–H and O–H groups in total. The Labute approximate surface area is 120 Å². The normalized spacial score (nSPS) is 22.7. The third-order valence-corrected chi connectivity index (χ3v) is 4.40. The average Bonchev–Trinajstić information content (AvgIpc) is 3.17. The van der Waals surface area contributed by atoms with E-state index in [9.17, 15) is 0 Å². The molecular formula is C16H22N4. The Balaban J connectivity index is 1.57. The van der Waals surface area contributed by atoms with Crippen molar-refractivity contribution in [3.05, 3.63) is 54.1 Å². The molecule has 0 aliphatic heterocycles. The molecule has 0 saturated heterocycles. The van der Waals surface area contributed by atoms with Crippen LogP contribution in [0.15, 0.2) is 42.7 Å². The van der Waals surface area contributed by atoms with Gasteiger partial charge in [0.2, 0.25) is 0 Å². The van der Waals surface area contributed by atoms with Crippen LogP contribution < -0.4 is 11.3 Å². The van der Waals surface area contributed by atoms with Crippen molar-refractivity contribution in [1.29, 1.82) is 0 Å². The molecule has 20 heavy (non-hydrogen) atoms. The van der Waals surface area contributed by atoms with Crippen molar-refractivity contribution >= 4 is 0 Å². The fraction of sp³-hybridized carbons (Fsp3) is 0.438. The Bertz CT molecular complexity index is 549. The number of hydrogen-bond donors (Lipinski definition) is 2. The van der Waals surface area contributed by atoms with Gasteiger partial charge in [-0.25, -0.2) is 4.98 Å². The van der Waals surface area contributed by atoms with Gasteiger partial charge in [0.25, 0.3) is 0 Å². The Morgan fingerprint density at radius 3 is 2.85 bits per heavy atom. The van der Waals surface area contributed by atoms with E-state index in [2.05, 4.69) is 45.3 Å². The molecule has 1 fully saturated rings. The number of hydrogen-bond acceptors (Lipinski definition) is 3. The summed E-state index contributed by atoms with van der Waals surface area (Å²) < 4.78 is 2.08. The summed E-state index contributed by atoms with van der Waals surface area (Å²) in [4.78, 5) is 4.37. The average molecular weight is 270 g/mol. The number of hydrazine groups is 1. The molecule has 3 rings (SSSR count). The lowest BCUT2D eigenvalue weighted by molar-refractivity contribution is 0.433. The second-order valence-electron chi connectivity index (χ2n) is 5.68. The molecule has 4 nitrogen and oxygen atoms in total. The molecule has 3 unspecified atom stereocenters. The van der Waals surface area contributed by atoms with Gasteiger partial charge in [-0.1, -0.05) is 30.3 Å². The van der Waals surface area contributed by atoms with Crippen LogP contribution in [0.5, 0.6) is 0 Å². The number of benzene rings is 1. The Morgan fingerprint density at radius 1 is 1.40 bits per heavy atom. The molecule has 1 aliphatic rings. The Morgan fingerprint density at radius 2 is 2.20 bits per heavy atom. The van der Waals surface area contributed by atoms with Crippen LogP contribution in [-0.2, 0) is 13.5 Å². The lowest BCUT2D eigenvalue weighted by atomic mass is 10.0. The fourth-order valence-corrected chi connectivity index (χ4v) is 3.09. The first kappa shape index (κ1) is 13.3. The number of aromatic nitrogens is 2. The molecule has 0 radical (unpaired) electrons. The number of nitrogens with two attached hydrogens (primary N) is 1. The van der Waals surface area contributed by atoms with Crippen LogP contribution in [0, 0.1) is 5.92 Å². The predicted molar refractivity (Wildman–Crippen MR) is 79.9 cm³/mol. The number of rotatable bonds is 6. The lowest BCUT2D eigenvalue weighted by Gasteiger charge is -2.15. The summed E-state index contributed by atoms with van der Waals surface area (Å²) in [5.74, 6) is 8.20. The zero-order valence-corrected chi connectivity index (χ0v) is 11.9. The SMILES string of the molecule is Cn1ccnc1CCC(NN)C1CC1c1ccccc1. The first-order valence-corrected chi connectivity index (χ1v) is 7.27. The second-order valence-corrected chi connectivity index (χ2v) is 5.68. The van der Waals surface area contributed by atoms with Crippen molar-refractivity contribution in [3.63, 3.8) is 0 Å². The van der Waals surface area contributed by atoms with Gasteiger partial charge in [-0.05, 0) is 30.2 Å². The lowest BCUT2D eigenvalue weighted by Crippen LogP contribution is -2.37. The van der Waals surface area contributed by atoms with E-state index < -0.39 is 0 Å². The van der Waals surface area contributed by atoms with Crippen molar-refractivity contribution in [3.8, 4) is 0 Å². The van der Waals surface area contributed by atoms with E-state index >= 15 is 0 Å². The van der Waals surface area contributed by atoms with Gasteiger partial charge in [0.15, 0.2) is 0 Å². The van der Waals surface area contributed by atoms with Crippen LogP contribution >= 0.6 is 0 Å². The fourth-order valence-electron chi connectivity index (χ4n) is 3.09. The van der Waals surface area contributed by atoms with E-state index in [0.29, 0.717) is 17.9 Å². The minimum atomic E-state index is 0.372. The first-order valence-electron chi connectivity index (χ1n) is 7.27. The highest BCUT2D eigenvalue weighted by Crippen LogP contribution is 2.50. The van der Waals surface area contributed by atoms with Gasteiger partial charge in [-0.3, -0.25) is 11.3 Å².